The number of imide groups is 1. The van der Waals surface area contributed by atoms with Crippen LogP contribution in [0.5, 0.6) is 17.2 Å². The molecule has 25 heavy (non-hydrogen) atoms. The molecule has 3 aromatic carbocycles. The van der Waals surface area contributed by atoms with Crippen LogP contribution in [-0.2, 0) is 0 Å². The molecule has 6 heteroatoms. The van der Waals surface area contributed by atoms with E-state index >= 15 is 0 Å². The Bertz CT molecular complexity index is 1010. The lowest BCUT2D eigenvalue weighted by Crippen LogP contribution is -2.36. The monoisotopic (exact) mass is 334 g/mol. The summed E-state index contributed by atoms with van der Waals surface area (Å²) in [5, 5.41) is 2.00. The van der Waals surface area contributed by atoms with Crippen molar-refractivity contribution in [3.8, 4) is 17.2 Å². The molecule has 0 saturated heterocycles. The second-order valence-electron chi connectivity index (χ2n) is 5.60. The quantitative estimate of drug-likeness (QED) is 0.452. The van der Waals surface area contributed by atoms with Crippen LogP contribution in [0.1, 0.15) is 20.7 Å². The number of methoxy groups -OCH3 is 1. The van der Waals surface area contributed by atoms with Gasteiger partial charge in [0.25, 0.3) is 11.8 Å². The lowest BCUT2D eigenvalue weighted by molar-refractivity contribution is 0.0654. The summed E-state index contributed by atoms with van der Waals surface area (Å²) in [6, 6.07) is 15.9. The molecule has 1 aliphatic rings. The molecule has 0 atom stereocenters. The van der Waals surface area contributed by atoms with Crippen molar-refractivity contribution >= 4 is 22.6 Å². The summed E-state index contributed by atoms with van der Waals surface area (Å²) in [6.45, 7) is 0. The van der Waals surface area contributed by atoms with Crippen molar-refractivity contribution in [2.24, 2.45) is 5.84 Å². The second-order valence-corrected chi connectivity index (χ2v) is 5.60. The van der Waals surface area contributed by atoms with Crippen LogP contribution in [0.2, 0.25) is 0 Å². The molecule has 1 aliphatic heterocycles. The number of carbonyl (C=O) groups excluding carboxylic acids is 2. The maximum absolute atomic E-state index is 12.3. The van der Waals surface area contributed by atoms with Gasteiger partial charge in [0.05, 0.1) is 18.2 Å². The lowest BCUT2D eigenvalue weighted by Gasteiger charge is -2.11. The molecule has 3 aromatic rings. The number of hydrogen-bond donors (Lipinski definition) is 1. The van der Waals surface area contributed by atoms with E-state index in [2.05, 4.69) is 0 Å². The molecule has 1 heterocycles. The molecule has 124 valence electrons. The van der Waals surface area contributed by atoms with Gasteiger partial charge in [-0.1, -0.05) is 24.3 Å². The van der Waals surface area contributed by atoms with Crippen LogP contribution in [0.15, 0.2) is 54.6 Å². The molecule has 0 unspecified atom stereocenters. The summed E-state index contributed by atoms with van der Waals surface area (Å²) in [5.41, 5.74) is 0.555. The Morgan fingerprint density at radius 3 is 2.20 bits per heavy atom. The average Bonchev–Trinajstić information content (AvgIpc) is 2.87. The van der Waals surface area contributed by atoms with Gasteiger partial charge in [0.2, 0.25) is 0 Å². The second kappa shape index (κ2) is 5.61. The highest BCUT2D eigenvalue weighted by molar-refractivity contribution is 6.26. The number of ether oxygens (including phenoxy) is 2. The van der Waals surface area contributed by atoms with Crippen LogP contribution in [0, 0.1) is 0 Å². The summed E-state index contributed by atoms with van der Waals surface area (Å²) in [5.74, 6) is 6.32. The lowest BCUT2D eigenvalue weighted by atomic mass is 9.99. The van der Waals surface area contributed by atoms with Crippen molar-refractivity contribution in [3.63, 3.8) is 0 Å². The Morgan fingerprint density at radius 2 is 1.52 bits per heavy atom. The van der Waals surface area contributed by atoms with Gasteiger partial charge < -0.3 is 9.47 Å². The maximum Gasteiger partial charge on any atom is 0.276 e. The highest BCUT2D eigenvalue weighted by atomic mass is 16.5. The number of rotatable bonds is 3. The van der Waals surface area contributed by atoms with Gasteiger partial charge in [0.1, 0.15) is 17.2 Å². The van der Waals surface area contributed by atoms with Crippen molar-refractivity contribution in [3.05, 3.63) is 65.7 Å². The first-order chi connectivity index (χ1) is 12.1. The van der Waals surface area contributed by atoms with E-state index in [4.69, 9.17) is 15.3 Å². The molecule has 0 aliphatic carbocycles. The van der Waals surface area contributed by atoms with Gasteiger partial charge in [-0.2, -0.15) is 0 Å². The fraction of sp³-hybridized carbons (Fsp3) is 0.0526. The first kappa shape index (κ1) is 15.2. The Balaban J connectivity index is 1.87. The molecule has 0 spiro atoms. The Labute approximate surface area is 143 Å². The third-order valence-electron chi connectivity index (χ3n) is 4.18. The zero-order chi connectivity index (χ0) is 17.6. The predicted octanol–water partition coefficient (Wildman–Crippen LogP) is 3.11. The van der Waals surface area contributed by atoms with Gasteiger partial charge in [-0.15, -0.1) is 0 Å². The van der Waals surface area contributed by atoms with Gasteiger partial charge in [0, 0.05) is 5.39 Å². The van der Waals surface area contributed by atoms with Crippen LogP contribution in [0.25, 0.3) is 10.8 Å². The molecule has 6 nitrogen and oxygen atoms in total. The molecular weight excluding hydrogens is 320 g/mol. The first-order valence-electron chi connectivity index (χ1n) is 7.61. The van der Waals surface area contributed by atoms with Gasteiger partial charge in [-0.05, 0) is 35.7 Å². The molecule has 0 saturated carbocycles. The zero-order valence-corrected chi connectivity index (χ0v) is 13.4. The van der Waals surface area contributed by atoms with Crippen molar-refractivity contribution in [2.45, 2.75) is 0 Å². The highest BCUT2D eigenvalue weighted by Gasteiger charge is 2.36. The van der Waals surface area contributed by atoms with Crippen molar-refractivity contribution in [2.75, 3.05) is 7.11 Å². The predicted molar refractivity (Wildman–Crippen MR) is 91.7 cm³/mol. The van der Waals surface area contributed by atoms with Crippen molar-refractivity contribution < 1.29 is 19.1 Å². The molecule has 0 fully saturated rings. The highest BCUT2D eigenvalue weighted by Crippen LogP contribution is 2.37. The van der Waals surface area contributed by atoms with E-state index in [-0.39, 0.29) is 5.56 Å². The average molecular weight is 334 g/mol. The number of benzene rings is 3. The fourth-order valence-electron chi connectivity index (χ4n) is 2.94. The SMILES string of the molecule is COc1ccc(Oc2cc3c(c4ccccc24)C(=O)N(N)C3=O)cc1. The minimum Gasteiger partial charge on any atom is -0.497 e. The molecule has 4 rings (SSSR count). The minimum absolute atomic E-state index is 0.245. The smallest absolute Gasteiger partial charge is 0.276 e. The number of fused-ring (bicyclic) bond motifs is 3. The molecule has 2 N–H and O–H groups in total. The topological polar surface area (TPSA) is 81.9 Å². The number of nitrogens with zero attached hydrogens (tertiary/aromatic N) is 1. The van der Waals surface area contributed by atoms with Crippen LogP contribution >= 0.6 is 0 Å². The third-order valence-corrected chi connectivity index (χ3v) is 4.18. The van der Waals surface area contributed by atoms with E-state index in [1.165, 1.54) is 0 Å². The van der Waals surface area contributed by atoms with Crippen LogP contribution in [0.4, 0.5) is 0 Å². The molecule has 0 radical (unpaired) electrons. The summed E-state index contributed by atoms with van der Waals surface area (Å²) in [7, 11) is 1.59. The van der Waals surface area contributed by atoms with Crippen molar-refractivity contribution in [1.29, 1.82) is 0 Å². The largest absolute Gasteiger partial charge is 0.497 e. The van der Waals surface area contributed by atoms with E-state index in [1.807, 2.05) is 12.1 Å². The summed E-state index contributed by atoms with van der Waals surface area (Å²) in [6.07, 6.45) is 0. The number of nitrogens with two attached hydrogens (primary N) is 1. The molecular formula is C19H14N2O4. The molecule has 0 aromatic heterocycles. The van der Waals surface area contributed by atoms with Gasteiger partial charge in [0.15, 0.2) is 0 Å². The third kappa shape index (κ3) is 2.31. The van der Waals surface area contributed by atoms with Gasteiger partial charge in [-0.25, -0.2) is 10.9 Å². The number of hydrazine groups is 1. The number of amides is 2. The maximum atomic E-state index is 12.3. The van der Waals surface area contributed by atoms with E-state index < -0.39 is 11.8 Å². The zero-order valence-electron chi connectivity index (χ0n) is 13.4. The van der Waals surface area contributed by atoms with Crippen LogP contribution < -0.4 is 15.3 Å². The number of hydrogen-bond acceptors (Lipinski definition) is 5. The van der Waals surface area contributed by atoms with E-state index in [0.717, 1.165) is 5.39 Å². The molecule has 2 amide bonds. The summed E-state index contributed by atoms with van der Waals surface area (Å²) >= 11 is 0. The van der Waals surface area contributed by atoms with Crippen LogP contribution in [-0.4, -0.2) is 23.9 Å². The van der Waals surface area contributed by atoms with E-state index in [0.29, 0.717) is 33.2 Å². The Hall–Kier alpha value is -3.38. The van der Waals surface area contributed by atoms with E-state index in [9.17, 15) is 9.59 Å². The molecule has 0 bridgehead atoms. The first-order valence-corrected chi connectivity index (χ1v) is 7.61. The number of carbonyl (C=O) groups is 2. The minimum atomic E-state index is -0.537. The Kier molecular flexibility index (Phi) is 3.40. The van der Waals surface area contributed by atoms with E-state index in [1.54, 1.807) is 49.6 Å². The standard InChI is InChI=1S/C19H14N2O4/c1-24-11-6-8-12(9-7-11)25-16-10-15-17(19(23)21(20)18(15)22)14-5-3-2-4-13(14)16/h2-10H,20H2,1H3. The summed E-state index contributed by atoms with van der Waals surface area (Å²) in [4.78, 5) is 24.5. The summed E-state index contributed by atoms with van der Waals surface area (Å²) < 4.78 is 11.1. The Morgan fingerprint density at radius 1 is 0.880 bits per heavy atom. The van der Waals surface area contributed by atoms with Crippen molar-refractivity contribution in [1.82, 2.24) is 5.01 Å². The van der Waals surface area contributed by atoms with Gasteiger partial charge >= 0.3 is 0 Å². The van der Waals surface area contributed by atoms with Gasteiger partial charge in [-0.3, -0.25) is 9.59 Å². The fourth-order valence-corrected chi connectivity index (χ4v) is 2.94. The van der Waals surface area contributed by atoms with Crippen LogP contribution in [0.3, 0.4) is 0 Å². The normalized spacial score (nSPS) is 13.3.